The van der Waals surface area contributed by atoms with Crippen LogP contribution in [0, 0.1) is 5.82 Å². The van der Waals surface area contributed by atoms with Crippen LogP contribution in [0.2, 0.25) is 0 Å². The fourth-order valence-electron chi connectivity index (χ4n) is 1.53. The van der Waals surface area contributed by atoms with E-state index in [4.69, 9.17) is 0 Å². The monoisotopic (exact) mass is 325 g/mol. The van der Waals surface area contributed by atoms with Crippen LogP contribution in [0.5, 0.6) is 0 Å². The summed E-state index contributed by atoms with van der Waals surface area (Å²) in [4.78, 5) is 14.0. The Bertz CT molecular complexity index is 678. The molecular formula is C12H5F6NOS. The molecule has 1 aromatic carbocycles. The zero-order chi connectivity index (χ0) is 15.8. The summed E-state index contributed by atoms with van der Waals surface area (Å²) < 4.78 is 76.7. The number of ketones is 1. The zero-order valence-electron chi connectivity index (χ0n) is 9.92. The minimum Gasteiger partial charge on any atom is -0.288 e. The number of halogens is 6. The SMILES string of the molecule is O=C(c1cccc(F)c1)c1scnc1C(F)(F)C(F)(F)F. The predicted octanol–water partition coefficient (Wildman–Crippen LogP) is 4.17. The molecule has 0 aliphatic rings. The Labute approximate surface area is 118 Å². The van der Waals surface area contributed by atoms with Crippen molar-refractivity contribution in [3.63, 3.8) is 0 Å². The molecule has 0 unspecified atom stereocenters. The van der Waals surface area contributed by atoms with Gasteiger partial charge < -0.3 is 0 Å². The second-order valence-electron chi connectivity index (χ2n) is 3.94. The van der Waals surface area contributed by atoms with Gasteiger partial charge in [-0.2, -0.15) is 22.0 Å². The van der Waals surface area contributed by atoms with Crippen LogP contribution in [0.3, 0.4) is 0 Å². The number of carbonyl (C=O) groups is 1. The molecule has 0 N–H and O–H groups in total. The van der Waals surface area contributed by atoms with E-state index in [2.05, 4.69) is 4.98 Å². The minimum atomic E-state index is -5.88. The van der Waals surface area contributed by atoms with Crippen LogP contribution in [0.25, 0.3) is 0 Å². The van der Waals surface area contributed by atoms with Crippen LogP contribution in [-0.4, -0.2) is 16.9 Å². The van der Waals surface area contributed by atoms with Crippen molar-refractivity contribution in [1.29, 1.82) is 0 Å². The second kappa shape index (κ2) is 5.14. The van der Waals surface area contributed by atoms with E-state index >= 15 is 0 Å². The third-order valence-corrected chi connectivity index (χ3v) is 3.34. The highest BCUT2D eigenvalue weighted by atomic mass is 32.1. The maximum Gasteiger partial charge on any atom is 0.459 e. The molecule has 21 heavy (non-hydrogen) atoms. The van der Waals surface area contributed by atoms with Crippen LogP contribution in [0.15, 0.2) is 29.8 Å². The van der Waals surface area contributed by atoms with Crippen LogP contribution in [-0.2, 0) is 5.92 Å². The summed E-state index contributed by atoms with van der Waals surface area (Å²) >= 11 is 0.338. The summed E-state index contributed by atoms with van der Waals surface area (Å²) in [7, 11) is 0. The van der Waals surface area contributed by atoms with E-state index in [1.807, 2.05) is 0 Å². The van der Waals surface area contributed by atoms with Gasteiger partial charge in [-0.25, -0.2) is 9.37 Å². The quantitative estimate of drug-likeness (QED) is 0.626. The van der Waals surface area contributed by atoms with Gasteiger partial charge in [0.25, 0.3) is 0 Å². The van der Waals surface area contributed by atoms with Crippen molar-refractivity contribution in [2.45, 2.75) is 12.1 Å². The lowest BCUT2D eigenvalue weighted by Gasteiger charge is -2.18. The van der Waals surface area contributed by atoms with Gasteiger partial charge in [-0.3, -0.25) is 4.79 Å². The highest BCUT2D eigenvalue weighted by Gasteiger charge is 2.61. The standard InChI is InChI=1S/C12H5F6NOS/c13-7-3-1-2-6(4-7)8(20)9-10(19-5-21-9)11(14,15)12(16,17)18/h1-5H. The molecule has 1 aromatic heterocycles. The summed E-state index contributed by atoms with van der Waals surface area (Å²) in [6, 6.07) is 4.01. The average molecular weight is 325 g/mol. The number of carbonyl (C=O) groups excluding carboxylic acids is 1. The molecule has 1 heterocycles. The highest BCUT2D eigenvalue weighted by Crippen LogP contribution is 2.45. The fourth-order valence-corrected chi connectivity index (χ4v) is 2.31. The van der Waals surface area contributed by atoms with Crippen LogP contribution in [0.4, 0.5) is 26.3 Å². The highest BCUT2D eigenvalue weighted by molar-refractivity contribution is 7.12. The number of hydrogen-bond acceptors (Lipinski definition) is 3. The van der Waals surface area contributed by atoms with Crippen molar-refractivity contribution in [3.8, 4) is 0 Å². The van der Waals surface area contributed by atoms with E-state index in [1.165, 1.54) is 0 Å². The van der Waals surface area contributed by atoms with Crippen molar-refractivity contribution in [2.75, 3.05) is 0 Å². The van der Waals surface area contributed by atoms with E-state index in [0.717, 1.165) is 24.3 Å². The Morgan fingerprint density at radius 3 is 2.38 bits per heavy atom. The van der Waals surface area contributed by atoms with E-state index in [9.17, 15) is 31.1 Å². The van der Waals surface area contributed by atoms with Gasteiger partial charge >= 0.3 is 12.1 Å². The molecule has 9 heteroatoms. The summed E-state index contributed by atoms with van der Waals surface area (Å²) in [5.41, 5.74) is -1.30. The summed E-state index contributed by atoms with van der Waals surface area (Å²) in [5.74, 6) is -7.21. The number of aromatic nitrogens is 1. The van der Waals surface area contributed by atoms with Gasteiger partial charge in [-0.1, -0.05) is 12.1 Å². The first-order valence-electron chi connectivity index (χ1n) is 5.33. The smallest absolute Gasteiger partial charge is 0.288 e. The normalized spacial score (nSPS) is 12.5. The molecule has 0 saturated carbocycles. The number of thiazole rings is 1. The molecule has 0 aliphatic carbocycles. The predicted molar refractivity (Wildman–Crippen MR) is 61.9 cm³/mol. The van der Waals surface area contributed by atoms with Gasteiger partial charge in [0.2, 0.25) is 5.78 Å². The Balaban J connectivity index is 2.49. The van der Waals surface area contributed by atoms with Gasteiger partial charge in [0.15, 0.2) is 0 Å². The first-order valence-corrected chi connectivity index (χ1v) is 6.21. The molecule has 0 saturated heterocycles. The largest absolute Gasteiger partial charge is 0.459 e. The summed E-state index contributed by atoms with van der Waals surface area (Å²) in [6.07, 6.45) is -5.88. The number of hydrogen-bond donors (Lipinski definition) is 0. The van der Waals surface area contributed by atoms with Crippen molar-refractivity contribution in [3.05, 3.63) is 51.7 Å². The number of alkyl halides is 5. The molecule has 2 nitrogen and oxygen atoms in total. The van der Waals surface area contributed by atoms with E-state index in [1.54, 1.807) is 0 Å². The van der Waals surface area contributed by atoms with Gasteiger partial charge in [0.1, 0.15) is 16.4 Å². The fraction of sp³-hybridized carbons (Fsp3) is 0.167. The lowest BCUT2D eigenvalue weighted by molar-refractivity contribution is -0.290. The first-order chi connectivity index (χ1) is 9.64. The van der Waals surface area contributed by atoms with Gasteiger partial charge in [0, 0.05) is 5.56 Å². The average Bonchev–Trinajstić information content (AvgIpc) is 2.86. The third-order valence-electron chi connectivity index (χ3n) is 2.51. The molecule has 0 bridgehead atoms. The van der Waals surface area contributed by atoms with E-state index in [0.29, 0.717) is 16.8 Å². The van der Waals surface area contributed by atoms with Gasteiger partial charge in [0.05, 0.1) is 5.51 Å². The van der Waals surface area contributed by atoms with Crippen molar-refractivity contribution >= 4 is 17.1 Å². The van der Waals surface area contributed by atoms with Crippen molar-refractivity contribution < 1.29 is 31.1 Å². The summed E-state index contributed by atoms with van der Waals surface area (Å²) in [5, 5.41) is 0. The van der Waals surface area contributed by atoms with Gasteiger partial charge in [-0.05, 0) is 12.1 Å². The number of benzene rings is 1. The van der Waals surface area contributed by atoms with Crippen molar-refractivity contribution in [2.24, 2.45) is 0 Å². The van der Waals surface area contributed by atoms with E-state index < -0.39 is 34.3 Å². The Hall–Kier alpha value is -1.90. The molecule has 0 radical (unpaired) electrons. The molecule has 0 atom stereocenters. The van der Waals surface area contributed by atoms with Crippen LogP contribution in [0.1, 0.15) is 20.9 Å². The lowest BCUT2D eigenvalue weighted by atomic mass is 10.1. The Morgan fingerprint density at radius 2 is 1.81 bits per heavy atom. The molecule has 2 rings (SSSR count). The van der Waals surface area contributed by atoms with E-state index in [-0.39, 0.29) is 5.56 Å². The third kappa shape index (κ3) is 2.78. The first kappa shape index (κ1) is 15.5. The molecule has 0 fully saturated rings. The molecule has 2 aromatic rings. The van der Waals surface area contributed by atoms with Gasteiger partial charge in [-0.15, -0.1) is 11.3 Å². The topological polar surface area (TPSA) is 30.0 Å². The molecule has 112 valence electrons. The van der Waals surface area contributed by atoms with Crippen LogP contribution >= 0.6 is 11.3 Å². The zero-order valence-corrected chi connectivity index (χ0v) is 10.7. The lowest BCUT2D eigenvalue weighted by Crippen LogP contribution is -2.35. The van der Waals surface area contributed by atoms with Crippen LogP contribution < -0.4 is 0 Å². The van der Waals surface area contributed by atoms with Crippen molar-refractivity contribution in [1.82, 2.24) is 4.98 Å². The number of rotatable bonds is 3. The second-order valence-corrected chi connectivity index (χ2v) is 4.80. The number of nitrogens with zero attached hydrogens (tertiary/aromatic N) is 1. The molecule has 0 aliphatic heterocycles. The minimum absolute atomic E-state index is 0.335. The Kier molecular flexibility index (Phi) is 3.79. The maximum absolute atomic E-state index is 13.3. The molecule has 0 amide bonds. The molecular weight excluding hydrogens is 320 g/mol. The molecule has 0 spiro atoms. The Morgan fingerprint density at radius 1 is 1.14 bits per heavy atom. The summed E-state index contributed by atoms with van der Waals surface area (Å²) in [6.45, 7) is 0. The maximum atomic E-state index is 13.3.